The van der Waals surface area contributed by atoms with E-state index in [0.717, 1.165) is 12.2 Å². The summed E-state index contributed by atoms with van der Waals surface area (Å²) in [7, 11) is 0. The van der Waals surface area contributed by atoms with Crippen molar-refractivity contribution in [2.45, 2.75) is 34.1 Å². The second kappa shape index (κ2) is 4.64. The Morgan fingerprint density at radius 3 is 2.74 bits per heavy atom. The lowest BCUT2D eigenvalue weighted by Gasteiger charge is -2.26. The summed E-state index contributed by atoms with van der Waals surface area (Å²) in [6.07, 6.45) is 2.16. The van der Waals surface area contributed by atoms with Gasteiger partial charge in [-0.05, 0) is 17.4 Å². The molecule has 2 N–H and O–H groups in total. The lowest BCUT2D eigenvalue weighted by molar-refractivity contribution is 0.0696. The molecule has 0 amide bonds. The number of H-pyrrole nitrogens is 1. The summed E-state index contributed by atoms with van der Waals surface area (Å²) >= 11 is 0. The number of fused-ring (bicyclic) bond motifs is 1. The Bertz CT molecular complexity index is 611. The Kier molecular flexibility index (Phi) is 3.30. The lowest BCUT2D eigenvalue weighted by Crippen LogP contribution is -2.19. The highest BCUT2D eigenvalue weighted by molar-refractivity contribution is 5.90. The minimum absolute atomic E-state index is 0.173. The third-order valence-corrected chi connectivity index (χ3v) is 3.61. The molecule has 1 atom stereocenters. The van der Waals surface area contributed by atoms with Gasteiger partial charge < -0.3 is 10.1 Å². The highest BCUT2D eigenvalue weighted by atomic mass is 16.4. The van der Waals surface area contributed by atoms with E-state index >= 15 is 0 Å². The first-order chi connectivity index (χ1) is 8.77. The van der Waals surface area contributed by atoms with Crippen LogP contribution in [-0.4, -0.2) is 26.0 Å². The standard InChI is InChI=1S/C14H19N3O2/c1-8(14(2,3)4)5-11-16-10-6-9(13(18)19)7-15-12(10)17-11/h6-8H,5H2,1-4H3,(H,18,19)(H,15,16,17). The van der Waals surface area contributed by atoms with Crippen LogP contribution in [0.3, 0.4) is 0 Å². The SMILES string of the molecule is CC(Cc1nc2ncc(C(=O)O)cc2[nH]1)C(C)(C)C. The third kappa shape index (κ3) is 2.92. The molecule has 0 spiro atoms. The molecule has 0 saturated carbocycles. The van der Waals surface area contributed by atoms with Crippen LogP contribution in [0.2, 0.25) is 0 Å². The molecular formula is C14H19N3O2. The number of hydrogen-bond acceptors (Lipinski definition) is 3. The van der Waals surface area contributed by atoms with Crippen molar-refractivity contribution in [2.24, 2.45) is 11.3 Å². The number of carboxylic acid groups (broad SMARTS) is 1. The van der Waals surface area contributed by atoms with Crippen LogP contribution in [0.15, 0.2) is 12.3 Å². The molecule has 2 rings (SSSR count). The molecule has 2 aromatic heterocycles. The van der Waals surface area contributed by atoms with Crippen LogP contribution in [0, 0.1) is 11.3 Å². The molecule has 1 unspecified atom stereocenters. The molecule has 0 radical (unpaired) electrons. The first kappa shape index (κ1) is 13.5. The highest BCUT2D eigenvalue weighted by Gasteiger charge is 2.21. The summed E-state index contributed by atoms with van der Waals surface area (Å²) < 4.78 is 0. The Balaban J connectivity index is 2.29. The molecule has 0 bridgehead atoms. The second-order valence-corrected chi connectivity index (χ2v) is 6.06. The van der Waals surface area contributed by atoms with Crippen LogP contribution in [0.25, 0.3) is 11.2 Å². The quantitative estimate of drug-likeness (QED) is 0.890. The number of hydrogen-bond donors (Lipinski definition) is 2. The molecule has 0 aliphatic rings. The molecule has 0 saturated heterocycles. The summed E-state index contributed by atoms with van der Waals surface area (Å²) in [6, 6.07) is 1.57. The van der Waals surface area contributed by atoms with E-state index in [9.17, 15) is 4.79 Å². The number of pyridine rings is 1. The average molecular weight is 261 g/mol. The Hall–Kier alpha value is -1.91. The van der Waals surface area contributed by atoms with Crippen molar-refractivity contribution in [3.63, 3.8) is 0 Å². The second-order valence-electron chi connectivity index (χ2n) is 6.06. The van der Waals surface area contributed by atoms with Crippen LogP contribution in [0.1, 0.15) is 43.9 Å². The van der Waals surface area contributed by atoms with E-state index in [1.165, 1.54) is 6.20 Å². The van der Waals surface area contributed by atoms with Crippen molar-refractivity contribution in [1.82, 2.24) is 15.0 Å². The summed E-state index contributed by atoms with van der Waals surface area (Å²) in [5, 5.41) is 8.93. The van der Waals surface area contributed by atoms with Gasteiger partial charge in [0.05, 0.1) is 11.1 Å². The van der Waals surface area contributed by atoms with Crippen LogP contribution in [0.5, 0.6) is 0 Å². The van der Waals surface area contributed by atoms with E-state index in [1.54, 1.807) is 6.07 Å². The zero-order valence-corrected chi connectivity index (χ0v) is 11.7. The lowest BCUT2D eigenvalue weighted by atomic mass is 9.80. The molecular weight excluding hydrogens is 242 g/mol. The maximum absolute atomic E-state index is 10.9. The molecule has 0 aliphatic carbocycles. The predicted octanol–water partition coefficient (Wildman–Crippen LogP) is 2.88. The summed E-state index contributed by atoms with van der Waals surface area (Å²) in [5.41, 5.74) is 1.63. The molecule has 0 aliphatic heterocycles. The number of rotatable bonds is 3. The molecule has 5 nitrogen and oxygen atoms in total. The van der Waals surface area contributed by atoms with Gasteiger partial charge >= 0.3 is 5.97 Å². The molecule has 19 heavy (non-hydrogen) atoms. The minimum Gasteiger partial charge on any atom is -0.478 e. The molecule has 102 valence electrons. The van der Waals surface area contributed by atoms with Crippen molar-refractivity contribution >= 4 is 17.1 Å². The van der Waals surface area contributed by atoms with Crippen LogP contribution < -0.4 is 0 Å². The number of aromatic amines is 1. The average Bonchev–Trinajstić information content (AvgIpc) is 2.68. The fourth-order valence-electron chi connectivity index (χ4n) is 1.76. The fraction of sp³-hybridized carbons (Fsp3) is 0.500. The van der Waals surface area contributed by atoms with Crippen molar-refractivity contribution < 1.29 is 9.90 Å². The summed E-state index contributed by atoms with van der Waals surface area (Å²) in [5.74, 6) is 0.341. The Morgan fingerprint density at radius 1 is 1.47 bits per heavy atom. The fourth-order valence-corrected chi connectivity index (χ4v) is 1.76. The summed E-state index contributed by atoms with van der Waals surface area (Å²) in [6.45, 7) is 8.77. The van der Waals surface area contributed by atoms with Gasteiger partial charge in [-0.3, -0.25) is 0 Å². The monoisotopic (exact) mass is 261 g/mol. The first-order valence-corrected chi connectivity index (χ1v) is 6.35. The van der Waals surface area contributed by atoms with E-state index in [2.05, 4.69) is 42.6 Å². The zero-order chi connectivity index (χ0) is 14.2. The van der Waals surface area contributed by atoms with Gasteiger partial charge in [-0.25, -0.2) is 14.8 Å². The molecule has 0 aromatic carbocycles. The van der Waals surface area contributed by atoms with Crippen LogP contribution in [-0.2, 0) is 6.42 Å². The number of imidazole rings is 1. The van der Waals surface area contributed by atoms with Crippen LogP contribution >= 0.6 is 0 Å². The van der Waals surface area contributed by atoms with Gasteiger partial charge in [-0.2, -0.15) is 0 Å². The van der Waals surface area contributed by atoms with Crippen molar-refractivity contribution in [3.8, 4) is 0 Å². The highest BCUT2D eigenvalue weighted by Crippen LogP contribution is 2.28. The maximum atomic E-state index is 10.9. The van der Waals surface area contributed by atoms with E-state index in [1.807, 2.05) is 0 Å². The number of nitrogens with one attached hydrogen (secondary N) is 1. The van der Waals surface area contributed by atoms with E-state index in [4.69, 9.17) is 5.11 Å². The van der Waals surface area contributed by atoms with Crippen molar-refractivity contribution in [3.05, 3.63) is 23.7 Å². The topological polar surface area (TPSA) is 78.9 Å². The Morgan fingerprint density at radius 2 is 2.16 bits per heavy atom. The maximum Gasteiger partial charge on any atom is 0.337 e. The molecule has 5 heteroatoms. The van der Waals surface area contributed by atoms with Crippen LogP contribution in [0.4, 0.5) is 0 Å². The smallest absolute Gasteiger partial charge is 0.337 e. The van der Waals surface area contributed by atoms with E-state index < -0.39 is 5.97 Å². The predicted molar refractivity (Wildman–Crippen MR) is 73.2 cm³/mol. The van der Waals surface area contributed by atoms with Gasteiger partial charge in [-0.1, -0.05) is 27.7 Å². The van der Waals surface area contributed by atoms with E-state index in [0.29, 0.717) is 17.1 Å². The number of carboxylic acids is 1. The van der Waals surface area contributed by atoms with Gasteiger partial charge in [0.2, 0.25) is 0 Å². The number of nitrogens with zero attached hydrogens (tertiary/aromatic N) is 2. The number of aromatic carboxylic acids is 1. The van der Waals surface area contributed by atoms with Gasteiger partial charge in [0.25, 0.3) is 0 Å². The van der Waals surface area contributed by atoms with Crippen molar-refractivity contribution in [2.75, 3.05) is 0 Å². The number of aromatic nitrogens is 3. The van der Waals surface area contributed by atoms with Gasteiger partial charge in [0, 0.05) is 12.6 Å². The minimum atomic E-state index is -0.978. The first-order valence-electron chi connectivity index (χ1n) is 6.35. The summed E-state index contributed by atoms with van der Waals surface area (Å²) in [4.78, 5) is 22.5. The largest absolute Gasteiger partial charge is 0.478 e. The van der Waals surface area contributed by atoms with E-state index in [-0.39, 0.29) is 11.0 Å². The van der Waals surface area contributed by atoms with Crippen molar-refractivity contribution in [1.29, 1.82) is 0 Å². The normalized spacial score (nSPS) is 13.7. The van der Waals surface area contributed by atoms with Gasteiger partial charge in [0.1, 0.15) is 5.82 Å². The molecule has 2 aromatic rings. The Labute approximate surface area is 112 Å². The van der Waals surface area contributed by atoms with Gasteiger partial charge in [-0.15, -0.1) is 0 Å². The van der Waals surface area contributed by atoms with Gasteiger partial charge in [0.15, 0.2) is 5.65 Å². The molecule has 0 fully saturated rings. The molecule has 2 heterocycles. The zero-order valence-electron chi connectivity index (χ0n) is 11.7. The third-order valence-electron chi connectivity index (χ3n) is 3.61. The number of carbonyl (C=O) groups is 1.